The van der Waals surface area contributed by atoms with Gasteiger partial charge in [0.05, 0.1) is 12.5 Å². The van der Waals surface area contributed by atoms with E-state index in [1.165, 1.54) is 7.05 Å². The van der Waals surface area contributed by atoms with Gasteiger partial charge in [0.1, 0.15) is 5.69 Å². The Labute approximate surface area is 110 Å². The molecule has 6 heteroatoms. The fourth-order valence-corrected chi connectivity index (χ4v) is 2.47. The van der Waals surface area contributed by atoms with Gasteiger partial charge in [-0.25, -0.2) is 0 Å². The summed E-state index contributed by atoms with van der Waals surface area (Å²) in [6, 6.07) is 6.69. The summed E-state index contributed by atoms with van der Waals surface area (Å²) in [6.45, 7) is 0. The molecule has 0 N–H and O–H groups in total. The maximum atomic E-state index is 13.0. The first kappa shape index (κ1) is 13.0. The highest BCUT2D eigenvalue weighted by molar-refractivity contribution is 9.10. The van der Waals surface area contributed by atoms with Gasteiger partial charge in [-0.2, -0.15) is 18.4 Å². The Bertz CT molecular complexity index is 650. The molecule has 0 unspecified atom stereocenters. The van der Waals surface area contributed by atoms with Crippen LogP contribution in [0.25, 0.3) is 10.9 Å². The molecule has 1 heterocycles. The molecular weight excluding hydrogens is 309 g/mol. The zero-order chi connectivity index (χ0) is 13.5. The summed E-state index contributed by atoms with van der Waals surface area (Å²) in [5.74, 6) is 0. The van der Waals surface area contributed by atoms with Crippen molar-refractivity contribution in [1.29, 1.82) is 5.26 Å². The van der Waals surface area contributed by atoms with Gasteiger partial charge in [-0.1, -0.05) is 15.9 Å². The highest BCUT2D eigenvalue weighted by atomic mass is 79.9. The number of halogens is 4. The summed E-state index contributed by atoms with van der Waals surface area (Å²) in [5.41, 5.74) is -0.253. The minimum absolute atomic E-state index is 0.0313. The summed E-state index contributed by atoms with van der Waals surface area (Å²) < 4.78 is 40.9. The monoisotopic (exact) mass is 316 g/mol. The molecule has 0 amide bonds. The van der Waals surface area contributed by atoms with Gasteiger partial charge in [0, 0.05) is 28.0 Å². The number of alkyl halides is 3. The largest absolute Gasteiger partial charge is 0.431 e. The lowest BCUT2D eigenvalue weighted by molar-refractivity contribution is -0.143. The fourth-order valence-electron chi connectivity index (χ4n) is 2.11. The number of nitrogens with zero attached hydrogens (tertiary/aromatic N) is 2. The second-order valence-corrected chi connectivity index (χ2v) is 4.80. The van der Waals surface area contributed by atoms with Crippen LogP contribution in [0.5, 0.6) is 0 Å². The third kappa shape index (κ3) is 1.99. The zero-order valence-corrected chi connectivity index (χ0v) is 10.9. The van der Waals surface area contributed by atoms with Crippen LogP contribution in [0.3, 0.4) is 0 Å². The van der Waals surface area contributed by atoms with Crippen molar-refractivity contribution in [3.05, 3.63) is 33.9 Å². The van der Waals surface area contributed by atoms with E-state index in [0.29, 0.717) is 15.4 Å². The molecule has 0 atom stereocenters. The summed E-state index contributed by atoms with van der Waals surface area (Å²) in [5, 5.41) is 9.17. The first-order valence-corrected chi connectivity index (χ1v) is 5.86. The van der Waals surface area contributed by atoms with Crippen molar-refractivity contribution >= 4 is 26.8 Å². The van der Waals surface area contributed by atoms with E-state index in [2.05, 4.69) is 15.9 Å². The van der Waals surface area contributed by atoms with Gasteiger partial charge < -0.3 is 4.57 Å². The van der Waals surface area contributed by atoms with Gasteiger partial charge in [-0.3, -0.25) is 0 Å². The lowest BCUT2D eigenvalue weighted by Gasteiger charge is -2.09. The molecule has 0 bridgehead atoms. The molecule has 0 fully saturated rings. The Hall–Kier alpha value is -1.48. The van der Waals surface area contributed by atoms with Gasteiger partial charge in [-0.15, -0.1) is 0 Å². The predicted molar refractivity (Wildman–Crippen MR) is 64.9 cm³/mol. The van der Waals surface area contributed by atoms with Crippen LogP contribution < -0.4 is 0 Å². The van der Waals surface area contributed by atoms with Crippen LogP contribution in [-0.4, -0.2) is 4.57 Å². The van der Waals surface area contributed by atoms with Crippen LogP contribution in [0.1, 0.15) is 11.3 Å². The third-order valence-electron chi connectivity index (χ3n) is 2.79. The van der Waals surface area contributed by atoms with Crippen LogP contribution in [0.2, 0.25) is 0 Å². The molecule has 0 saturated carbocycles. The predicted octanol–water partition coefficient (Wildman–Crippen LogP) is 4.03. The van der Waals surface area contributed by atoms with E-state index in [1.54, 1.807) is 24.3 Å². The summed E-state index contributed by atoms with van der Waals surface area (Å²) >= 11 is 3.23. The number of hydrogen-bond acceptors (Lipinski definition) is 1. The molecule has 0 aliphatic heterocycles. The average Bonchev–Trinajstić information content (AvgIpc) is 2.52. The van der Waals surface area contributed by atoms with E-state index in [9.17, 15) is 13.2 Å². The number of benzene rings is 1. The number of rotatable bonds is 1. The average molecular weight is 317 g/mol. The van der Waals surface area contributed by atoms with Crippen LogP contribution in [0, 0.1) is 11.3 Å². The molecule has 2 nitrogen and oxygen atoms in total. The molecule has 0 aliphatic rings. The van der Waals surface area contributed by atoms with E-state index in [1.807, 2.05) is 0 Å². The van der Waals surface area contributed by atoms with Crippen molar-refractivity contribution in [2.45, 2.75) is 12.6 Å². The van der Waals surface area contributed by atoms with Gasteiger partial charge >= 0.3 is 6.18 Å². The quantitative estimate of drug-likeness (QED) is 0.781. The first-order valence-electron chi connectivity index (χ1n) is 5.07. The van der Waals surface area contributed by atoms with Crippen molar-refractivity contribution in [2.24, 2.45) is 7.05 Å². The number of aromatic nitrogens is 1. The lowest BCUT2D eigenvalue weighted by atomic mass is 10.1. The molecule has 0 aliphatic carbocycles. The van der Waals surface area contributed by atoms with Crippen LogP contribution >= 0.6 is 15.9 Å². The first-order chi connectivity index (χ1) is 8.36. The summed E-state index contributed by atoms with van der Waals surface area (Å²) in [6.07, 6.45) is -4.73. The van der Waals surface area contributed by atoms with Crippen molar-refractivity contribution in [1.82, 2.24) is 4.57 Å². The molecule has 0 saturated heterocycles. The number of fused-ring (bicyclic) bond motifs is 1. The van der Waals surface area contributed by atoms with Gasteiger partial charge in [0.25, 0.3) is 0 Å². The maximum Gasteiger partial charge on any atom is 0.431 e. The molecule has 18 heavy (non-hydrogen) atoms. The Balaban J connectivity index is 2.89. The Morgan fingerprint density at radius 1 is 1.39 bits per heavy atom. The molecule has 94 valence electrons. The van der Waals surface area contributed by atoms with Gasteiger partial charge in [-0.05, 0) is 18.2 Å². The Morgan fingerprint density at radius 3 is 2.61 bits per heavy atom. The molecule has 0 radical (unpaired) electrons. The topological polar surface area (TPSA) is 28.7 Å². The fraction of sp³-hybridized carbons (Fsp3) is 0.250. The second kappa shape index (κ2) is 4.32. The van der Waals surface area contributed by atoms with E-state index < -0.39 is 11.9 Å². The lowest BCUT2D eigenvalue weighted by Crippen LogP contribution is -2.13. The Morgan fingerprint density at radius 2 is 2.06 bits per heavy atom. The smallest absolute Gasteiger partial charge is 0.340 e. The summed E-state index contributed by atoms with van der Waals surface area (Å²) in [7, 11) is 1.36. The molecular formula is C12H8BrF3N2. The van der Waals surface area contributed by atoms with E-state index in [-0.39, 0.29) is 12.0 Å². The van der Waals surface area contributed by atoms with Crippen molar-refractivity contribution in [2.75, 3.05) is 0 Å². The van der Waals surface area contributed by atoms with Crippen molar-refractivity contribution < 1.29 is 13.2 Å². The van der Waals surface area contributed by atoms with Crippen molar-refractivity contribution in [3.8, 4) is 6.07 Å². The molecule has 1 aromatic heterocycles. The van der Waals surface area contributed by atoms with Crippen molar-refractivity contribution in [3.63, 3.8) is 0 Å². The van der Waals surface area contributed by atoms with Crippen LogP contribution in [-0.2, 0) is 19.6 Å². The second-order valence-electron chi connectivity index (χ2n) is 3.88. The number of aryl methyl sites for hydroxylation is 1. The third-order valence-corrected chi connectivity index (χ3v) is 3.28. The van der Waals surface area contributed by atoms with Crippen LogP contribution in [0.15, 0.2) is 22.7 Å². The highest BCUT2D eigenvalue weighted by Crippen LogP contribution is 2.38. The standard InChI is InChI=1S/C12H8BrF3N2/c1-18-10-3-2-7(13)6-9(10)8(4-5-17)11(18)12(14,15)16/h2-3,6H,4H2,1H3. The Kier molecular flexibility index (Phi) is 3.11. The SMILES string of the molecule is Cn1c(C(F)(F)F)c(CC#N)c2cc(Br)ccc21. The van der Waals surface area contributed by atoms with Gasteiger partial charge in [0.2, 0.25) is 0 Å². The number of hydrogen-bond donors (Lipinski definition) is 0. The highest BCUT2D eigenvalue weighted by Gasteiger charge is 2.38. The normalized spacial score (nSPS) is 11.8. The maximum absolute atomic E-state index is 13.0. The molecule has 2 aromatic rings. The van der Waals surface area contributed by atoms with E-state index in [4.69, 9.17) is 5.26 Å². The molecule has 0 spiro atoms. The van der Waals surface area contributed by atoms with E-state index in [0.717, 1.165) is 4.57 Å². The van der Waals surface area contributed by atoms with Crippen LogP contribution in [0.4, 0.5) is 13.2 Å². The van der Waals surface area contributed by atoms with Gasteiger partial charge in [0.15, 0.2) is 0 Å². The minimum Gasteiger partial charge on any atom is -0.340 e. The molecule has 1 aromatic carbocycles. The van der Waals surface area contributed by atoms with E-state index >= 15 is 0 Å². The number of nitriles is 1. The summed E-state index contributed by atoms with van der Waals surface area (Å²) in [4.78, 5) is 0. The molecule has 2 rings (SSSR count). The minimum atomic E-state index is -4.47. The zero-order valence-electron chi connectivity index (χ0n) is 9.35.